The van der Waals surface area contributed by atoms with Crippen molar-refractivity contribution in [2.75, 3.05) is 11.1 Å². The van der Waals surface area contributed by atoms with Gasteiger partial charge in [-0.15, -0.1) is 0 Å². The van der Waals surface area contributed by atoms with Crippen molar-refractivity contribution in [2.45, 2.75) is 26.7 Å². The molecule has 0 radical (unpaired) electrons. The number of rotatable bonds is 4. The fourth-order valence-electron chi connectivity index (χ4n) is 2.09. The molecule has 3 N–H and O–H groups in total. The Hall–Kier alpha value is -2.36. The van der Waals surface area contributed by atoms with Crippen LogP contribution in [0.2, 0.25) is 0 Å². The topological polar surface area (TPSA) is 68.0 Å². The van der Waals surface area contributed by atoms with Gasteiger partial charge in [-0.25, -0.2) is 0 Å². The summed E-state index contributed by atoms with van der Waals surface area (Å²) in [7, 11) is 0. The number of anilines is 2. The van der Waals surface area contributed by atoms with Gasteiger partial charge in [0.2, 0.25) is 5.91 Å². The number of carbonyl (C=O) groups excluding carboxylic acids is 1. The number of nitrogens with two attached hydrogens (primary N) is 1. The second kappa shape index (κ2) is 6.19. The van der Waals surface area contributed by atoms with Gasteiger partial charge in [0.05, 0.1) is 18.3 Å². The highest BCUT2D eigenvalue weighted by Crippen LogP contribution is 2.21. The zero-order valence-corrected chi connectivity index (χ0v) is 11.8. The van der Waals surface area contributed by atoms with E-state index in [-0.39, 0.29) is 12.3 Å². The minimum atomic E-state index is -0.0636. The lowest BCUT2D eigenvalue weighted by atomic mass is 10.1. The fraction of sp³-hybridized carbons (Fsp3) is 0.250. The van der Waals surface area contributed by atoms with Crippen molar-refractivity contribution < 1.29 is 4.79 Å². The minimum absolute atomic E-state index is 0.0636. The number of carbonyl (C=O) groups is 1. The number of pyridine rings is 1. The number of hydrogen-bond donors (Lipinski definition) is 2. The molecule has 0 bridgehead atoms. The molecule has 0 aliphatic rings. The van der Waals surface area contributed by atoms with Crippen LogP contribution in [0.15, 0.2) is 36.5 Å². The van der Waals surface area contributed by atoms with E-state index in [0.717, 1.165) is 23.2 Å². The predicted octanol–water partition coefficient (Wildman–Crippen LogP) is 2.72. The molecule has 0 aliphatic carbocycles. The molecule has 2 aromatic rings. The number of hydrogen-bond acceptors (Lipinski definition) is 3. The van der Waals surface area contributed by atoms with E-state index in [1.165, 1.54) is 0 Å². The number of aryl methyl sites for hydroxylation is 2. The van der Waals surface area contributed by atoms with Gasteiger partial charge in [-0.2, -0.15) is 0 Å². The summed E-state index contributed by atoms with van der Waals surface area (Å²) in [6.45, 7) is 4.07. The van der Waals surface area contributed by atoms with Crippen LogP contribution < -0.4 is 11.1 Å². The van der Waals surface area contributed by atoms with E-state index in [4.69, 9.17) is 5.73 Å². The first kappa shape index (κ1) is 14.1. The van der Waals surface area contributed by atoms with E-state index in [1.807, 2.05) is 25.1 Å². The van der Waals surface area contributed by atoms with Crippen molar-refractivity contribution in [3.8, 4) is 0 Å². The fourth-order valence-corrected chi connectivity index (χ4v) is 2.09. The Morgan fingerprint density at radius 1 is 1.30 bits per heavy atom. The lowest BCUT2D eigenvalue weighted by molar-refractivity contribution is -0.115. The van der Waals surface area contributed by atoms with E-state index in [9.17, 15) is 4.79 Å². The molecule has 0 saturated heterocycles. The van der Waals surface area contributed by atoms with Crippen molar-refractivity contribution >= 4 is 17.3 Å². The molecule has 20 heavy (non-hydrogen) atoms. The van der Waals surface area contributed by atoms with Gasteiger partial charge in [0.15, 0.2) is 0 Å². The quantitative estimate of drug-likeness (QED) is 0.896. The Bertz CT molecular complexity index is 606. The summed E-state index contributed by atoms with van der Waals surface area (Å²) in [6, 6.07) is 9.56. The predicted molar refractivity (Wildman–Crippen MR) is 81.5 cm³/mol. The van der Waals surface area contributed by atoms with Crippen LogP contribution in [0.3, 0.4) is 0 Å². The van der Waals surface area contributed by atoms with Gasteiger partial charge >= 0.3 is 0 Å². The Morgan fingerprint density at radius 2 is 2.10 bits per heavy atom. The first-order chi connectivity index (χ1) is 9.60. The first-order valence-corrected chi connectivity index (χ1v) is 6.69. The summed E-state index contributed by atoms with van der Waals surface area (Å²) in [5.41, 5.74) is 10.0. The maximum Gasteiger partial charge on any atom is 0.230 e. The van der Waals surface area contributed by atoms with Gasteiger partial charge in [-0.05, 0) is 36.6 Å². The molecule has 4 heteroatoms. The van der Waals surface area contributed by atoms with E-state index in [2.05, 4.69) is 17.2 Å². The summed E-state index contributed by atoms with van der Waals surface area (Å²) in [4.78, 5) is 16.2. The Morgan fingerprint density at radius 3 is 2.75 bits per heavy atom. The van der Waals surface area contributed by atoms with E-state index < -0.39 is 0 Å². The summed E-state index contributed by atoms with van der Waals surface area (Å²) < 4.78 is 0. The smallest absolute Gasteiger partial charge is 0.230 e. The van der Waals surface area contributed by atoms with Crippen molar-refractivity contribution in [2.24, 2.45) is 0 Å². The second-order valence-corrected chi connectivity index (χ2v) is 4.77. The van der Waals surface area contributed by atoms with Crippen LogP contribution in [-0.2, 0) is 17.6 Å². The summed E-state index contributed by atoms with van der Waals surface area (Å²) >= 11 is 0. The number of nitrogens with zero attached hydrogens (tertiary/aromatic N) is 1. The molecule has 0 spiro atoms. The maximum absolute atomic E-state index is 12.1. The van der Waals surface area contributed by atoms with Crippen LogP contribution in [0.25, 0.3) is 0 Å². The summed E-state index contributed by atoms with van der Waals surface area (Å²) in [5, 5.41) is 2.98. The van der Waals surface area contributed by atoms with Crippen molar-refractivity contribution in [3.05, 3.63) is 53.3 Å². The van der Waals surface area contributed by atoms with Crippen molar-refractivity contribution in [1.29, 1.82) is 0 Å². The third kappa shape index (κ3) is 3.35. The van der Waals surface area contributed by atoms with Gasteiger partial charge < -0.3 is 11.1 Å². The molecular weight excluding hydrogens is 250 g/mol. The number of para-hydroxylation sites is 1. The molecule has 0 aliphatic heterocycles. The molecule has 0 atom stereocenters. The normalized spacial score (nSPS) is 10.3. The highest BCUT2D eigenvalue weighted by Gasteiger charge is 2.09. The molecule has 1 aromatic heterocycles. The van der Waals surface area contributed by atoms with Gasteiger partial charge in [0.1, 0.15) is 0 Å². The van der Waals surface area contributed by atoms with Crippen LogP contribution in [0.5, 0.6) is 0 Å². The van der Waals surface area contributed by atoms with Crippen molar-refractivity contribution in [3.63, 3.8) is 0 Å². The molecule has 104 valence electrons. The van der Waals surface area contributed by atoms with Gasteiger partial charge in [-0.1, -0.05) is 25.1 Å². The second-order valence-electron chi connectivity index (χ2n) is 4.77. The number of aromatic nitrogens is 1. The molecular formula is C16H19N3O. The molecule has 1 aromatic carbocycles. The molecule has 0 unspecified atom stereocenters. The van der Waals surface area contributed by atoms with E-state index in [0.29, 0.717) is 11.4 Å². The molecule has 1 amide bonds. The first-order valence-electron chi connectivity index (χ1n) is 6.69. The van der Waals surface area contributed by atoms with Crippen molar-refractivity contribution in [1.82, 2.24) is 4.98 Å². The Balaban J connectivity index is 2.10. The number of nitrogens with one attached hydrogen (secondary N) is 1. The van der Waals surface area contributed by atoms with Gasteiger partial charge in [-0.3, -0.25) is 9.78 Å². The highest BCUT2D eigenvalue weighted by molar-refractivity contribution is 5.93. The maximum atomic E-state index is 12.1. The van der Waals surface area contributed by atoms with Crippen LogP contribution in [0, 0.1) is 6.92 Å². The standard InChI is InChI=1S/C16H19N3O/c1-3-12-6-4-5-11(2)16(12)19-15(20)9-14-8-7-13(17)10-18-14/h4-8,10H,3,9,17H2,1-2H3,(H,19,20). The number of amides is 1. The lowest BCUT2D eigenvalue weighted by Gasteiger charge is -2.12. The van der Waals surface area contributed by atoms with Gasteiger partial charge in [0, 0.05) is 11.4 Å². The SMILES string of the molecule is CCc1cccc(C)c1NC(=O)Cc1ccc(N)cn1. The van der Waals surface area contributed by atoms with Crippen LogP contribution in [0.1, 0.15) is 23.7 Å². The van der Waals surface area contributed by atoms with Gasteiger partial charge in [0.25, 0.3) is 0 Å². The van der Waals surface area contributed by atoms with Crippen LogP contribution >= 0.6 is 0 Å². The third-order valence-corrected chi connectivity index (χ3v) is 3.19. The monoisotopic (exact) mass is 269 g/mol. The minimum Gasteiger partial charge on any atom is -0.397 e. The van der Waals surface area contributed by atoms with E-state index >= 15 is 0 Å². The van der Waals surface area contributed by atoms with E-state index in [1.54, 1.807) is 18.3 Å². The highest BCUT2D eigenvalue weighted by atomic mass is 16.1. The summed E-state index contributed by atoms with van der Waals surface area (Å²) in [6.07, 6.45) is 2.70. The number of nitrogen functional groups attached to an aromatic ring is 1. The Labute approximate surface area is 119 Å². The lowest BCUT2D eigenvalue weighted by Crippen LogP contribution is -2.17. The molecule has 1 heterocycles. The Kier molecular flexibility index (Phi) is 4.35. The molecule has 0 saturated carbocycles. The largest absolute Gasteiger partial charge is 0.397 e. The number of benzene rings is 1. The average Bonchev–Trinajstić information content (AvgIpc) is 2.43. The summed E-state index contributed by atoms with van der Waals surface area (Å²) in [5.74, 6) is -0.0636. The zero-order valence-electron chi connectivity index (χ0n) is 11.8. The zero-order chi connectivity index (χ0) is 14.5. The third-order valence-electron chi connectivity index (χ3n) is 3.19. The van der Waals surface area contributed by atoms with Crippen LogP contribution in [0.4, 0.5) is 11.4 Å². The molecule has 2 rings (SSSR count). The molecule has 0 fully saturated rings. The molecule has 4 nitrogen and oxygen atoms in total. The van der Waals surface area contributed by atoms with Crippen LogP contribution in [-0.4, -0.2) is 10.9 Å². The average molecular weight is 269 g/mol.